The fraction of sp³-hybridized carbons (Fsp3) is 0.167. The van der Waals surface area contributed by atoms with Gasteiger partial charge in [-0.25, -0.2) is 0 Å². The van der Waals surface area contributed by atoms with Crippen LogP contribution in [0.3, 0.4) is 0 Å². The van der Waals surface area contributed by atoms with Crippen molar-refractivity contribution in [2.45, 2.75) is 6.92 Å². The molecule has 1 aromatic carbocycles. The zero-order valence-electron chi connectivity index (χ0n) is 10.2. The molecule has 0 aliphatic heterocycles. The number of carbonyl (C=O) groups excluding carboxylic acids is 1. The predicted octanol–water partition coefficient (Wildman–Crippen LogP) is 4.01. The van der Waals surface area contributed by atoms with Gasteiger partial charge in [0.15, 0.2) is 0 Å². The molecule has 0 saturated heterocycles. The molecule has 0 radical (unpaired) electrons. The van der Waals surface area contributed by atoms with E-state index in [9.17, 15) is 4.79 Å². The van der Waals surface area contributed by atoms with Crippen LogP contribution >= 0.6 is 34.8 Å². The Balaban J connectivity index is 2.54. The lowest BCUT2D eigenvalue weighted by Gasteiger charge is -2.02. The highest BCUT2D eigenvalue weighted by Crippen LogP contribution is 2.37. The number of halogens is 3. The van der Waals surface area contributed by atoms with E-state index >= 15 is 0 Å². The third kappa shape index (κ3) is 2.86. The normalized spacial score (nSPS) is 10.6. The van der Waals surface area contributed by atoms with Gasteiger partial charge in [-0.3, -0.25) is 9.48 Å². The molecule has 2 rings (SSSR count). The Morgan fingerprint density at radius 2 is 2.00 bits per heavy atom. The maximum absolute atomic E-state index is 11.1. The minimum atomic E-state index is -0.223. The van der Waals surface area contributed by atoms with Crippen LogP contribution < -0.4 is 5.32 Å². The highest BCUT2D eigenvalue weighted by Gasteiger charge is 2.18. The molecule has 0 unspecified atom stereocenters. The summed E-state index contributed by atoms with van der Waals surface area (Å²) in [6.07, 6.45) is 0. The van der Waals surface area contributed by atoms with Crippen LogP contribution in [-0.4, -0.2) is 15.7 Å². The second-order valence-corrected chi connectivity index (χ2v) is 5.16. The number of hydrogen-bond donors (Lipinski definition) is 1. The molecule has 0 bridgehead atoms. The second kappa shape index (κ2) is 5.41. The van der Waals surface area contributed by atoms with Gasteiger partial charge in [0, 0.05) is 24.6 Å². The number of amides is 1. The average Bonchev–Trinajstić information content (AvgIpc) is 2.57. The van der Waals surface area contributed by atoms with E-state index in [-0.39, 0.29) is 5.91 Å². The number of carbonyl (C=O) groups is 1. The SMILES string of the molecule is CC(=O)Nc1c(Cl)c(-c2ccc(Cl)cc2Cl)nn1C. The number of benzene rings is 1. The first-order valence-corrected chi connectivity index (χ1v) is 6.49. The average molecular weight is 319 g/mol. The van der Waals surface area contributed by atoms with E-state index < -0.39 is 0 Å². The zero-order valence-corrected chi connectivity index (χ0v) is 12.4. The molecule has 100 valence electrons. The standard InChI is InChI=1S/C12H10Cl3N3O/c1-6(19)16-12-10(15)11(17-18(12)2)8-4-3-7(13)5-9(8)14/h3-5H,1-2H3,(H,16,19). The molecule has 1 N–H and O–H groups in total. The van der Waals surface area contributed by atoms with E-state index in [2.05, 4.69) is 10.4 Å². The van der Waals surface area contributed by atoms with E-state index in [0.29, 0.717) is 32.1 Å². The number of anilines is 1. The molecule has 0 aliphatic rings. The van der Waals surface area contributed by atoms with Crippen molar-refractivity contribution < 1.29 is 4.79 Å². The van der Waals surface area contributed by atoms with Crippen LogP contribution in [0.4, 0.5) is 5.82 Å². The van der Waals surface area contributed by atoms with Crippen LogP contribution in [0.15, 0.2) is 18.2 Å². The number of nitrogens with zero attached hydrogens (tertiary/aromatic N) is 2. The Kier molecular flexibility index (Phi) is 4.04. The van der Waals surface area contributed by atoms with Gasteiger partial charge >= 0.3 is 0 Å². The second-order valence-electron chi connectivity index (χ2n) is 3.94. The monoisotopic (exact) mass is 317 g/mol. The summed E-state index contributed by atoms with van der Waals surface area (Å²) in [5, 5.41) is 8.20. The van der Waals surface area contributed by atoms with E-state index in [4.69, 9.17) is 34.8 Å². The van der Waals surface area contributed by atoms with Crippen molar-refractivity contribution >= 4 is 46.5 Å². The number of hydrogen-bond acceptors (Lipinski definition) is 2. The summed E-state index contributed by atoms with van der Waals surface area (Å²) in [7, 11) is 1.68. The van der Waals surface area contributed by atoms with Gasteiger partial charge in [-0.15, -0.1) is 0 Å². The van der Waals surface area contributed by atoms with Gasteiger partial charge in [0.25, 0.3) is 0 Å². The van der Waals surface area contributed by atoms with Gasteiger partial charge in [-0.1, -0.05) is 34.8 Å². The molecule has 7 heteroatoms. The molecule has 1 amide bonds. The van der Waals surface area contributed by atoms with Crippen LogP contribution in [-0.2, 0) is 11.8 Å². The number of nitrogens with one attached hydrogen (secondary N) is 1. The Morgan fingerprint density at radius 1 is 1.32 bits per heavy atom. The van der Waals surface area contributed by atoms with Crippen molar-refractivity contribution in [3.05, 3.63) is 33.3 Å². The van der Waals surface area contributed by atoms with Crippen molar-refractivity contribution in [1.29, 1.82) is 0 Å². The number of aromatic nitrogens is 2. The molecule has 0 spiro atoms. The van der Waals surface area contributed by atoms with Crippen molar-refractivity contribution in [2.24, 2.45) is 7.05 Å². The number of rotatable bonds is 2. The number of aryl methyl sites for hydroxylation is 1. The summed E-state index contributed by atoms with van der Waals surface area (Å²) >= 11 is 18.2. The summed E-state index contributed by atoms with van der Waals surface area (Å²) in [6, 6.07) is 5.05. The molecule has 1 heterocycles. The Labute approximate surface area is 125 Å². The van der Waals surface area contributed by atoms with Gasteiger partial charge in [-0.2, -0.15) is 5.10 Å². The van der Waals surface area contributed by atoms with Crippen LogP contribution in [0.2, 0.25) is 15.1 Å². The lowest BCUT2D eigenvalue weighted by molar-refractivity contribution is -0.114. The maximum atomic E-state index is 11.1. The Hall–Kier alpha value is -1.23. The molecule has 0 atom stereocenters. The predicted molar refractivity (Wildman–Crippen MR) is 78.0 cm³/mol. The topological polar surface area (TPSA) is 46.9 Å². The van der Waals surface area contributed by atoms with Gasteiger partial charge in [0.05, 0.1) is 5.02 Å². The Bertz CT molecular complexity index is 652. The van der Waals surface area contributed by atoms with Crippen LogP contribution in [0.25, 0.3) is 11.3 Å². The largest absolute Gasteiger partial charge is 0.310 e. The highest BCUT2D eigenvalue weighted by atomic mass is 35.5. The summed E-state index contributed by atoms with van der Waals surface area (Å²) in [6.45, 7) is 1.40. The van der Waals surface area contributed by atoms with E-state index in [0.717, 1.165) is 0 Å². The first-order valence-electron chi connectivity index (χ1n) is 5.35. The fourth-order valence-electron chi connectivity index (χ4n) is 1.65. The van der Waals surface area contributed by atoms with Gasteiger partial charge in [-0.05, 0) is 18.2 Å². The van der Waals surface area contributed by atoms with E-state index in [1.54, 1.807) is 25.2 Å². The third-order valence-electron chi connectivity index (χ3n) is 2.47. The van der Waals surface area contributed by atoms with Gasteiger partial charge < -0.3 is 5.32 Å². The third-order valence-corrected chi connectivity index (χ3v) is 3.38. The first kappa shape index (κ1) is 14.2. The quantitative estimate of drug-likeness (QED) is 0.909. The summed E-state index contributed by atoms with van der Waals surface area (Å²) in [5.41, 5.74) is 1.15. The molecular weight excluding hydrogens is 309 g/mol. The molecule has 0 fully saturated rings. The van der Waals surface area contributed by atoms with Crippen molar-refractivity contribution in [1.82, 2.24) is 9.78 Å². The van der Waals surface area contributed by atoms with Gasteiger partial charge in [0.1, 0.15) is 16.5 Å². The highest BCUT2D eigenvalue weighted by molar-refractivity contribution is 6.39. The first-order chi connectivity index (χ1) is 8.90. The lowest BCUT2D eigenvalue weighted by atomic mass is 10.1. The van der Waals surface area contributed by atoms with Crippen LogP contribution in [0.5, 0.6) is 0 Å². The lowest BCUT2D eigenvalue weighted by Crippen LogP contribution is -2.10. The molecule has 4 nitrogen and oxygen atoms in total. The molecule has 19 heavy (non-hydrogen) atoms. The smallest absolute Gasteiger partial charge is 0.222 e. The molecular formula is C12H10Cl3N3O. The summed E-state index contributed by atoms with van der Waals surface area (Å²) in [4.78, 5) is 11.1. The molecule has 2 aromatic rings. The molecule has 0 saturated carbocycles. The minimum absolute atomic E-state index is 0.223. The van der Waals surface area contributed by atoms with Crippen LogP contribution in [0.1, 0.15) is 6.92 Å². The van der Waals surface area contributed by atoms with E-state index in [1.807, 2.05) is 0 Å². The summed E-state index contributed by atoms with van der Waals surface area (Å²) in [5.74, 6) is 0.203. The van der Waals surface area contributed by atoms with E-state index in [1.165, 1.54) is 11.6 Å². The molecule has 1 aromatic heterocycles. The van der Waals surface area contributed by atoms with Crippen molar-refractivity contribution in [3.63, 3.8) is 0 Å². The maximum Gasteiger partial charge on any atom is 0.222 e. The summed E-state index contributed by atoms with van der Waals surface area (Å²) < 4.78 is 1.49. The van der Waals surface area contributed by atoms with Crippen LogP contribution in [0, 0.1) is 0 Å². The van der Waals surface area contributed by atoms with Crippen molar-refractivity contribution in [2.75, 3.05) is 5.32 Å². The fourth-order valence-corrected chi connectivity index (χ4v) is 2.46. The molecule has 0 aliphatic carbocycles. The minimum Gasteiger partial charge on any atom is -0.310 e. The Morgan fingerprint density at radius 3 is 2.58 bits per heavy atom. The van der Waals surface area contributed by atoms with Crippen molar-refractivity contribution in [3.8, 4) is 11.3 Å². The van der Waals surface area contributed by atoms with Gasteiger partial charge in [0.2, 0.25) is 5.91 Å². The zero-order chi connectivity index (χ0) is 14.2.